The maximum absolute atomic E-state index is 13.1. The van der Waals surface area contributed by atoms with Gasteiger partial charge in [0, 0.05) is 31.7 Å². The number of ether oxygens (including phenoxy) is 1. The highest BCUT2D eigenvalue weighted by molar-refractivity contribution is 5.98. The molecule has 1 saturated heterocycles. The van der Waals surface area contributed by atoms with Crippen LogP contribution >= 0.6 is 0 Å². The molecule has 0 bridgehead atoms. The van der Waals surface area contributed by atoms with Gasteiger partial charge in [-0.05, 0) is 68.9 Å². The van der Waals surface area contributed by atoms with Gasteiger partial charge < -0.3 is 4.74 Å². The SMILES string of the molecule is Cc1ccc(-n2ncc(C(=O)Cc3cnc(C4=CCC(N5CCOCC5)CC4)c(C)c3)c2C)cc1. The summed E-state index contributed by atoms with van der Waals surface area (Å²) < 4.78 is 7.33. The van der Waals surface area contributed by atoms with Crippen molar-refractivity contribution >= 4 is 11.4 Å². The fourth-order valence-electron chi connectivity index (χ4n) is 5.29. The molecule has 0 saturated carbocycles. The molecule has 1 atom stereocenters. The lowest BCUT2D eigenvalue weighted by atomic mass is 9.90. The molecular weight excluding hydrogens is 436 g/mol. The number of hydrogen-bond donors (Lipinski definition) is 0. The average molecular weight is 471 g/mol. The first-order valence-corrected chi connectivity index (χ1v) is 12.6. The number of hydrogen-bond acceptors (Lipinski definition) is 5. The minimum atomic E-state index is 0.0695. The summed E-state index contributed by atoms with van der Waals surface area (Å²) in [6.07, 6.45) is 9.53. The van der Waals surface area contributed by atoms with Gasteiger partial charge in [-0.1, -0.05) is 29.8 Å². The van der Waals surface area contributed by atoms with Gasteiger partial charge in [-0.15, -0.1) is 0 Å². The number of allylic oxidation sites excluding steroid dienone is 1. The third kappa shape index (κ3) is 5.14. The Kier molecular flexibility index (Phi) is 6.93. The molecule has 1 aliphatic carbocycles. The summed E-state index contributed by atoms with van der Waals surface area (Å²) in [6, 6.07) is 10.9. The molecule has 6 heteroatoms. The van der Waals surface area contributed by atoms with Crippen molar-refractivity contribution in [2.45, 2.75) is 52.5 Å². The molecule has 1 aromatic carbocycles. The van der Waals surface area contributed by atoms with Gasteiger partial charge in [-0.3, -0.25) is 14.7 Å². The van der Waals surface area contributed by atoms with Crippen LogP contribution in [-0.2, 0) is 11.2 Å². The zero-order valence-electron chi connectivity index (χ0n) is 21.0. The van der Waals surface area contributed by atoms with E-state index in [0.29, 0.717) is 18.0 Å². The molecule has 3 aromatic rings. The van der Waals surface area contributed by atoms with E-state index in [1.165, 1.54) is 11.1 Å². The maximum Gasteiger partial charge on any atom is 0.170 e. The highest BCUT2D eigenvalue weighted by atomic mass is 16.5. The first kappa shape index (κ1) is 23.6. The van der Waals surface area contributed by atoms with Crippen LogP contribution in [0.25, 0.3) is 11.3 Å². The van der Waals surface area contributed by atoms with E-state index >= 15 is 0 Å². The predicted octanol–water partition coefficient (Wildman–Crippen LogP) is 4.89. The lowest BCUT2D eigenvalue weighted by Crippen LogP contribution is -2.43. The highest BCUT2D eigenvalue weighted by Crippen LogP contribution is 2.30. The van der Waals surface area contributed by atoms with Crippen molar-refractivity contribution in [1.82, 2.24) is 19.7 Å². The van der Waals surface area contributed by atoms with Crippen LogP contribution < -0.4 is 0 Å². The summed E-state index contributed by atoms with van der Waals surface area (Å²) in [5.74, 6) is 0.0695. The number of aryl methyl sites for hydroxylation is 2. The number of carbonyl (C=O) groups is 1. The molecule has 1 aliphatic heterocycles. The summed E-state index contributed by atoms with van der Waals surface area (Å²) >= 11 is 0. The van der Waals surface area contributed by atoms with E-state index in [4.69, 9.17) is 9.72 Å². The van der Waals surface area contributed by atoms with Gasteiger partial charge >= 0.3 is 0 Å². The number of rotatable bonds is 6. The van der Waals surface area contributed by atoms with Crippen molar-refractivity contribution in [3.63, 3.8) is 0 Å². The Bertz CT molecular complexity index is 1240. The second kappa shape index (κ2) is 10.3. The zero-order chi connectivity index (χ0) is 24.4. The molecule has 35 heavy (non-hydrogen) atoms. The summed E-state index contributed by atoms with van der Waals surface area (Å²) in [5.41, 5.74) is 8.18. The molecule has 5 rings (SSSR count). The Morgan fingerprint density at radius 3 is 2.54 bits per heavy atom. The Balaban J connectivity index is 1.26. The second-order valence-electron chi connectivity index (χ2n) is 9.81. The number of nitrogens with zero attached hydrogens (tertiary/aromatic N) is 4. The Labute approximate surface area is 207 Å². The van der Waals surface area contributed by atoms with Gasteiger partial charge in [0.25, 0.3) is 0 Å². The molecule has 2 aliphatic rings. The minimum Gasteiger partial charge on any atom is -0.379 e. The van der Waals surface area contributed by atoms with Crippen LogP contribution in [0.2, 0.25) is 0 Å². The van der Waals surface area contributed by atoms with E-state index in [9.17, 15) is 4.79 Å². The van der Waals surface area contributed by atoms with Crippen molar-refractivity contribution in [3.8, 4) is 5.69 Å². The molecule has 182 valence electrons. The molecule has 0 N–H and O–H groups in total. The lowest BCUT2D eigenvalue weighted by molar-refractivity contribution is 0.0150. The van der Waals surface area contributed by atoms with Crippen molar-refractivity contribution in [3.05, 3.63) is 82.4 Å². The number of benzene rings is 1. The molecule has 3 heterocycles. The minimum absolute atomic E-state index is 0.0695. The van der Waals surface area contributed by atoms with Crippen LogP contribution in [0.5, 0.6) is 0 Å². The zero-order valence-corrected chi connectivity index (χ0v) is 21.0. The molecule has 1 unspecified atom stereocenters. The van der Waals surface area contributed by atoms with Crippen molar-refractivity contribution in [2.75, 3.05) is 26.3 Å². The van der Waals surface area contributed by atoms with E-state index in [1.54, 1.807) is 6.20 Å². The number of aromatic nitrogens is 3. The third-order valence-corrected chi connectivity index (χ3v) is 7.34. The van der Waals surface area contributed by atoms with Crippen molar-refractivity contribution in [2.24, 2.45) is 0 Å². The van der Waals surface area contributed by atoms with E-state index in [1.807, 2.05) is 29.9 Å². The molecule has 0 radical (unpaired) electrons. The molecule has 0 amide bonds. The fraction of sp³-hybridized carbons (Fsp3) is 0.414. The molecular formula is C29H34N4O2. The van der Waals surface area contributed by atoms with Crippen LogP contribution in [-0.4, -0.2) is 57.8 Å². The fourth-order valence-corrected chi connectivity index (χ4v) is 5.29. The van der Waals surface area contributed by atoms with Crippen LogP contribution in [0.3, 0.4) is 0 Å². The first-order chi connectivity index (χ1) is 17.0. The molecule has 6 nitrogen and oxygen atoms in total. The maximum atomic E-state index is 13.1. The summed E-state index contributed by atoms with van der Waals surface area (Å²) in [4.78, 5) is 20.5. The van der Waals surface area contributed by atoms with Gasteiger partial charge in [0.2, 0.25) is 0 Å². The summed E-state index contributed by atoms with van der Waals surface area (Å²) in [6.45, 7) is 9.89. The van der Waals surface area contributed by atoms with Gasteiger partial charge in [0.15, 0.2) is 5.78 Å². The van der Waals surface area contributed by atoms with Crippen LogP contribution in [0.1, 0.15) is 57.7 Å². The number of ketones is 1. The Hall–Kier alpha value is -3.09. The first-order valence-electron chi connectivity index (χ1n) is 12.6. The predicted molar refractivity (Wildman–Crippen MR) is 138 cm³/mol. The van der Waals surface area contributed by atoms with Gasteiger partial charge in [-0.2, -0.15) is 5.10 Å². The van der Waals surface area contributed by atoms with E-state index < -0.39 is 0 Å². The Morgan fingerprint density at radius 1 is 1.09 bits per heavy atom. The number of carbonyl (C=O) groups excluding carboxylic acids is 1. The molecule has 0 spiro atoms. The summed E-state index contributed by atoms with van der Waals surface area (Å²) in [7, 11) is 0. The quantitative estimate of drug-likeness (QED) is 0.480. The molecule has 1 fully saturated rings. The standard InChI is InChI=1S/C29H34N4O2/c1-20-4-8-26(9-5-20)33-22(3)27(19-31-33)28(34)17-23-16-21(2)29(30-18-23)24-6-10-25(11-7-24)32-12-14-35-15-13-32/h4-6,8-9,16,18-19,25H,7,10-15,17H2,1-3H3. The Morgan fingerprint density at radius 2 is 1.86 bits per heavy atom. The van der Waals surface area contributed by atoms with E-state index in [0.717, 1.165) is 73.8 Å². The van der Waals surface area contributed by atoms with Gasteiger partial charge in [0.05, 0.1) is 42.0 Å². The van der Waals surface area contributed by atoms with Gasteiger partial charge in [0.1, 0.15) is 0 Å². The monoisotopic (exact) mass is 470 g/mol. The van der Waals surface area contributed by atoms with Crippen LogP contribution in [0.15, 0.2) is 48.8 Å². The number of morpholine rings is 1. The van der Waals surface area contributed by atoms with E-state index in [-0.39, 0.29) is 5.78 Å². The largest absolute Gasteiger partial charge is 0.379 e. The lowest BCUT2D eigenvalue weighted by Gasteiger charge is -2.36. The van der Waals surface area contributed by atoms with Crippen LogP contribution in [0.4, 0.5) is 0 Å². The topological polar surface area (TPSA) is 60.2 Å². The normalized spacial score (nSPS) is 18.9. The molecule has 2 aromatic heterocycles. The highest BCUT2D eigenvalue weighted by Gasteiger charge is 2.24. The second-order valence-corrected chi connectivity index (χ2v) is 9.81. The average Bonchev–Trinajstić information content (AvgIpc) is 3.27. The number of pyridine rings is 1. The van der Waals surface area contributed by atoms with Crippen molar-refractivity contribution < 1.29 is 9.53 Å². The number of Topliss-reactive ketones (excluding diaryl/α,β-unsaturated/α-hetero) is 1. The van der Waals surface area contributed by atoms with Gasteiger partial charge in [-0.25, -0.2) is 4.68 Å². The smallest absolute Gasteiger partial charge is 0.170 e. The van der Waals surface area contributed by atoms with E-state index in [2.05, 4.69) is 48.1 Å². The van der Waals surface area contributed by atoms with Crippen molar-refractivity contribution in [1.29, 1.82) is 0 Å². The summed E-state index contributed by atoms with van der Waals surface area (Å²) in [5, 5.41) is 4.47. The van der Waals surface area contributed by atoms with Crippen LogP contribution in [0, 0.1) is 20.8 Å². The third-order valence-electron chi connectivity index (χ3n) is 7.34.